The first-order chi connectivity index (χ1) is 20.0. The molecule has 9 nitrogen and oxygen atoms in total. The van der Waals surface area contributed by atoms with Crippen molar-refractivity contribution >= 4 is 34.0 Å². The van der Waals surface area contributed by atoms with Gasteiger partial charge in [-0.3, -0.25) is 0 Å². The molecule has 2 aliphatic rings. The number of nitrogen functional groups attached to an aromatic ring is 1. The number of nitrogens with zero attached hydrogens (tertiary/aromatic N) is 3. The van der Waals surface area contributed by atoms with E-state index in [1.54, 1.807) is 0 Å². The topological polar surface area (TPSA) is 103 Å². The van der Waals surface area contributed by atoms with Crippen LogP contribution in [0.25, 0.3) is 11.0 Å². The molecule has 2 saturated heterocycles. The Kier molecular flexibility index (Phi) is 9.29. The third-order valence-corrected chi connectivity index (χ3v) is 19.2. The third kappa shape index (κ3) is 5.72. The van der Waals surface area contributed by atoms with E-state index in [1.807, 2.05) is 22.8 Å². The van der Waals surface area contributed by atoms with Gasteiger partial charge in [0.1, 0.15) is 24.7 Å². The molecule has 0 radical (unpaired) electrons. The van der Waals surface area contributed by atoms with Crippen LogP contribution in [-0.2, 0) is 35.8 Å². The molecule has 3 aromatic rings. The maximum Gasteiger partial charge on any atom is 0.335 e. The molecule has 2 N–H and O–H groups in total. The summed E-state index contributed by atoms with van der Waals surface area (Å²) >= 11 is 0. The van der Waals surface area contributed by atoms with Crippen LogP contribution < -0.4 is 5.73 Å². The molecule has 4 heterocycles. The Morgan fingerprint density at radius 2 is 1.60 bits per heavy atom. The van der Waals surface area contributed by atoms with Crippen molar-refractivity contribution in [2.45, 2.75) is 116 Å². The van der Waals surface area contributed by atoms with E-state index < -0.39 is 17.1 Å². The summed E-state index contributed by atoms with van der Waals surface area (Å²) < 4.78 is 36.4. The predicted octanol–water partition coefficient (Wildman–Crippen LogP) is 6.97. The Labute approximate surface area is 252 Å². The molecule has 2 fully saturated rings. The summed E-state index contributed by atoms with van der Waals surface area (Å²) in [6.07, 6.45) is 3.71. The second-order valence-corrected chi connectivity index (χ2v) is 21.8. The molecule has 11 heteroatoms. The standard InChI is InChI=1S/C31H48N4O5Si2/c1-20(2)41(21(3)4)37-17-28-27(39-42(40-41,22(5)6)23(7)8)14-26(38-28)25-15-35(30-29(25)33-18-34-31(30)32)19-36-16-24-12-10-9-11-13-24/h9-13,15,18,20-23,26-28H,14,16-17,19H2,1-8H3,(H2,32,33,34)/t26-,27+,28-/m1/s1. The minimum Gasteiger partial charge on any atom is -0.414 e. The van der Waals surface area contributed by atoms with Crippen LogP contribution in [-0.4, -0.2) is 50.5 Å². The van der Waals surface area contributed by atoms with E-state index in [-0.39, 0.29) is 40.5 Å². The Bertz CT molecular complexity index is 1330. The zero-order valence-corrected chi connectivity index (χ0v) is 28.4. The van der Waals surface area contributed by atoms with Gasteiger partial charge >= 0.3 is 17.1 Å². The van der Waals surface area contributed by atoms with Gasteiger partial charge in [-0.1, -0.05) is 85.7 Å². The van der Waals surface area contributed by atoms with Crippen LogP contribution in [0.3, 0.4) is 0 Å². The highest BCUT2D eigenvalue weighted by Gasteiger charge is 2.60. The van der Waals surface area contributed by atoms with Crippen LogP contribution in [0.1, 0.15) is 79.0 Å². The lowest BCUT2D eigenvalue weighted by Gasteiger charge is -2.51. The van der Waals surface area contributed by atoms with E-state index in [1.165, 1.54) is 6.33 Å². The van der Waals surface area contributed by atoms with Crippen molar-refractivity contribution in [3.05, 3.63) is 54.0 Å². The Morgan fingerprint density at radius 1 is 0.929 bits per heavy atom. The fourth-order valence-corrected chi connectivity index (χ4v) is 17.9. The average Bonchev–Trinajstić information content (AvgIpc) is 3.50. The van der Waals surface area contributed by atoms with Crippen molar-refractivity contribution in [3.63, 3.8) is 0 Å². The maximum absolute atomic E-state index is 7.35. The van der Waals surface area contributed by atoms with Crippen molar-refractivity contribution in [1.82, 2.24) is 14.5 Å². The van der Waals surface area contributed by atoms with E-state index in [9.17, 15) is 0 Å². The minimum absolute atomic E-state index is 0.135. The zero-order valence-electron chi connectivity index (χ0n) is 26.4. The van der Waals surface area contributed by atoms with Crippen molar-refractivity contribution in [3.8, 4) is 0 Å². The zero-order chi connectivity index (χ0) is 30.2. The normalized spacial score (nSPS) is 24.0. The van der Waals surface area contributed by atoms with Gasteiger partial charge in [0, 0.05) is 18.2 Å². The molecule has 42 heavy (non-hydrogen) atoms. The summed E-state index contributed by atoms with van der Waals surface area (Å²) in [6.45, 7) is 19.2. The summed E-state index contributed by atoms with van der Waals surface area (Å²) in [6, 6.07) is 10.1. The molecule has 0 unspecified atom stereocenters. The van der Waals surface area contributed by atoms with E-state index in [0.29, 0.717) is 32.2 Å². The van der Waals surface area contributed by atoms with Crippen molar-refractivity contribution in [2.75, 3.05) is 12.3 Å². The summed E-state index contributed by atoms with van der Waals surface area (Å²) in [5, 5.41) is 0. The lowest BCUT2D eigenvalue weighted by atomic mass is 10.1. The fourth-order valence-electron chi connectivity index (χ4n) is 6.70. The number of fused-ring (bicyclic) bond motifs is 2. The Hall–Kier alpha value is -2.13. The van der Waals surface area contributed by atoms with Crippen LogP contribution in [0.15, 0.2) is 42.9 Å². The molecule has 0 aliphatic carbocycles. The SMILES string of the molecule is CC(C)[Si]1(C(C)C)OC[C@H]2O[C@@H](c3cn(COCc4ccccc4)c4c(N)ncnc34)C[C@@H]2O[Si](C(C)C)(C(C)C)O1. The number of aromatic nitrogens is 3. The second kappa shape index (κ2) is 12.5. The average molecular weight is 613 g/mol. The molecule has 2 aromatic heterocycles. The third-order valence-electron chi connectivity index (χ3n) is 8.94. The number of hydrogen-bond acceptors (Lipinski definition) is 8. The summed E-state index contributed by atoms with van der Waals surface area (Å²) in [7, 11) is -5.35. The van der Waals surface area contributed by atoms with Gasteiger partial charge in [-0.15, -0.1) is 0 Å². The van der Waals surface area contributed by atoms with Crippen LogP contribution in [0.2, 0.25) is 22.2 Å². The molecule has 230 valence electrons. The van der Waals surface area contributed by atoms with E-state index in [0.717, 1.165) is 22.2 Å². The second-order valence-electron chi connectivity index (χ2n) is 13.0. The van der Waals surface area contributed by atoms with Gasteiger partial charge in [0.2, 0.25) is 0 Å². The monoisotopic (exact) mass is 612 g/mol. The predicted molar refractivity (Wildman–Crippen MR) is 169 cm³/mol. The van der Waals surface area contributed by atoms with E-state index in [4.69, 9.17) is 28.2 Å². The van der Waals surface area contributed by atoms with Gasteiger partial charge in [-0.2, -0.15) is 0 Å². The molecule has 0 spiro atoms. The van der Waals surface area contributed by atoms with Crippen LogP contribution in [0, 0.1) is 0 Å². The molecular formula is C31H48N4O5Si2. The lowest BCUT2D eigenvalue weighted by Crippen LogP contribution is -2.65. The first kappa shape index (κ1) is 31.3. The highest BCUT2D eigenvalue weighted by molar-refractivity contribution is 6.83. The quantitative estimate of drug-likeness (QED) is 0.258. The largest absolute Gasteiger partial charge is 0.414 e. The smallest absolute Gasteiger partial charge is 0.335 e. The van der Waals surface area contributed by atoms with Gasteiger partial charge in [0.25, 0.3) is 0 Å². The van der Waals surface area contributed by atoms with Gasteiger partial charge < -0.3 is 32.7 Å². The van der Waals surface area contributed by atoms with Gasteiger partial charge in [0.15, 0.2) is 5.82 Å². The first-order valence-electron chi connectivity index (χ1n) is 15.4. The van der Waals surface area contributed by atoms with E-state index >= 15 is 0 Å². The minimum atomic E-state index is -2.72. The molecule has 0 amide bonds. The van der Waals surface area contributed by atoms with Gasteiger partial charge in [-0.05, 0) is 27.7 Å². The first-order valence-corrected chi connectivity index (χ1v) is 19.3. The summed E-state index contributed by atoms with van der Waals surface area (Å²) in [4.78, 5) is 8.93. The lowest BCUT2D eigenvalue weighted by molar-refractivity contribution is -0.0384. The highest BCUT2D eigenvalue weighted by atomic mass is 28.5. The molecule has 5 rings (SSSR count). The maximum atomic E-state index is 7.35. The molecule has 1 aromatic carbocycles. The Morgan fingerprint density at radius 3 is 2.24 bits per heavy atom. The van der Waals surface area contributed by atoms with Gasteiger partial charge in [0.05, 0.1) is 30.9 Å². The molecule has 2 aliphatic heterocycles. The molecule has 0 bridgehead atoms. The number of benzene rings is 1. The summed E-state index contributed by atoms with van der Waals surface area (Å²) in [5.41, 5.74) is 11.1. The number of anilines is 1. The highest BCUT2D eigenvalue weighted by Crippen LogP contribution is 2.49. The van der Waals surface area contributed by atoms with E-state index in [2.05, 4.69) is 83.7 Å². The van der Waals surface area contributed by atoms with Crippen LogP contribution in [0.5, 0.6) is 0 Å². The molecule has 3 atom stereocenters. The number of rotatable bonds is 9. The van der Waals surface area contributed by atoms with Crippen molar-refractivity contribution < 1.29 is 22.4 Å². The van der Waals surface area contributed by atoms with Gasteiger partial charge in [-0.25, -0.2) is 9.97 Å². The van der Waals surface area contributed by atoms with Crippen molar-refractivity contribution in [1.29, 1.82) is 0 Å². The van der Waals surface area contributed by atoms with Crippen LogP contribution >= 0.6 is 0 Å². The number of hydrogen-bond donors (Lipinski definition) is 1. The molecule has 0 saturated carbocycles. The fraction of sp³-hybridized carbons (Fsp3) is 0.613. The summed E-state index contributed by atoms with van der Waals surface area (Å²) in [5.74, 6) is 0.419. The van der Waals surface area contributed by atoms with Crippen molar-refractivity contribution in [2.24, 2.45) is 0 Å². The number of nitrogens with two attached hydrogens (primary N) is 1. The number of ether oxygens (including phenoxy) is 2. The molecular weight excluding hydrogens is 565 g/mol. The van der Waals surface area contributed by atoms with Crippen LogP contribution in [0.4, 0.5) is 5.82 Å². The Balaban J connectivity index is 1.46.